The first-order valence-electron chi connectivity index (χ1n) is 22.0. The van der Waals surface area contributed by atoms with E-state index in [-0.39, 0.29) is 18.6 Å². The molecule has 0 fully saturated rings. The number of ether oxygens (including phenoxy) is 3. The third-order valence-electron chi connectivity index (χ3n) is 12.8. The molecule has 8 rings (SSSR count). The van der Waals surface area contributed by atoms with E-state index in [1.165, 1.54) is 67.2 Å². The van der Waals surface area contributed by atoms with Crippen LogP contribution >= 0.6 is 15.9 Å². The van der Waals surface area contributed by atoms with Gasteiger partial charge in [-0.3, -0.25) is 0 Å². The van der Waals surface area contributed by atoms with Crippen molar-refractivity contribution < 1.29 is 28.6 Å². The lowest BCUT2D eigenvalue weighted by Crippen LogP contribution is -2.27. The largest absolute Gasteiger partial charge is 0.463 e. The first-order valence-corrected chi connectivity index (χ1v) is 22.8. The van der Waals surface area contributed by atoms with Crippen LogP contribution < -0.4 is 0 Å². The molecule has 0 saturated carbocycles. The lowest BCUT2D eigenvalue weighted by Gasteiger charge is -2.33. The van der Waals surface area contributed by atoms with Crippen molar-refractivity contribution in [1.82, 2.24) is 0 Å². The zero-order chi connectivity index (χ0) is 45.2. The maximum Gasteiger partial charge on any atom is 0.330 e. The van der Waals surface area contributed by atoms with Crippen molar-refractivity contribution >= 4 is 66.2 Å². The Bertz CT molecular complexity index is 2900. The van der Waals surface area contributed by atoms with Gasteiger partial charge in [0.25, 0.3) is 0 Å². The van der Waals surface area contributed by atoms with Crippen molar-refractivity contribution in [3.63, 3.8) is 0 Å². The molecule has 0 aliphatic heterocycles. The molecule has 0 heterocycles. The Morgan fingerprint density at radius 3 is 1.72 bits per heavy atom. The van der Waals surface area contributed by atoms with Crippen LogP contribution in [-0.2, 0) is 45.8 Å². The summed E-state index contributed by atoms with van der Waals surface area (Å²) in [5.74, 6) is -1.31. The molecule has 7 aromatic carbocycles. The van der Waals surface area contributed by atoms with E-state index in [1.54, 1.807) is 0 Å². The number of hydrogen-bond donors (Lipinski definition) is 0. The van der Waals surface area contributed by atoms with E-state index in [4.69, 9.17) is 14.2 Å². The summed E-state index contributed by atoms with van der Waals surface area (Å²) in [7, 11) is 0. The van der Waals surface area contributed by atoms with Gasteiger partial charge in [0.1, 0.15) is 0 Å². The third-order valence-corrected chi connectivity index (χ3v) is 13.4. The van der Waals surface area contributed by atoms with E-state index < -0.39 is 23.3 Å². The Morgan fingerprint density at radius 1 is 0.578 bits per heavy atom. The van der Waals surface area contributed by atoms with Gasteiger partial charge in [0.2, 0.25) is 0 Å². The Morgan fingerprint density at radius 2 is 1.11 bits per heavy atom. The fraction of sp³-hybridized carbons (Fsp3) is 0.246. The highest BCUT2D eigenvalue weighted by Crippen LogP contribution is 2.58. The van der Waals surface area contributed by atoms with Crippen LogP contribution in [0.1, 0.15) is 75.1 Å². The molecule has 0 aromatic heterocycles. The van der Waals surface area contributed by atoms with E-state index >= 15 is 0 Å². The van der Waals surface area contributed by atoms with Gasteiger partial charge in [-0.25, -0.2) is 14.4 Å². The molecular formula is C57H53BrO6. The van der Waals surface area contributed by atoms with Crippen LogP contribution in [0.3, 0.4) is 0 Å². The average molecular weight is 914 g/mol. The van der Waals surface area contributed by atoms with Crippen LogP contribution in [0.15, 0.2) is 146 Å². The smallest absolute Gasteiger partial charge is 0.330 e. The molecule has 1 aliphatic rings. The summed E-state index contributed by atoms with van der Waals surface area (Å²) in [5.41, 5.74) is 11.0. The zero-order valence-electron chi connectivity index (χ0n) is 36.9. The molecule has 64 heavy (non-hydrogen) atoms. The zero-order valence-corrected chi connectivity index (χ0v) is 38.4. The van der Waals surface area contributed by atoms with Crippen LogP contribution in [-0.4, -0.2) is 37.7 Å². The van der Waals surface area contributed by atoms with Gasteiger partial charge in [0.15, 0.2) is 0 Å². The lowest BCUT2D eigenvalue weighted by atomic mass is 9.70. The number of hydrogen-bond acceptors (Lipinski definition) is 6. The molecule has 0 atom stereocenters. The second kappa shape index (κ2) is 18.4. The second-order valence-electron chi connectivity index (χ2n) is 17.8. The molecule has 7 heteroatoms. The summed E-state index contributed by atoms with van der Waals surface area (Å²) in [6.45, 7) is 18.3. The molecule has 7 aromatic rings. The molecular weight excluding hydrogens is 861 g/mol. The van der Waals surface area contributed by atoms with Gasteiger partial charge < -0.3 is 14.2 Å². The van der Waals surface area contributed by atoms with Crippen LogP contribution in [0.25, 0.3) is 65.7 Å². The molecule has 6 nitrogen and oxygen atoms in total. The van der Waals surface area contributed by atoms with Gasteiger partial charge in [-0.05, 0) is 145 Å². The average Bonchev–Trinajstić information content (AvgIpc) is 3.57. The van der Waals surface area contributed by atoms with Crippen molar-refractivity contribution in [2.45, 2.75) is 70.1 Å². The summed E-state index contributed by atoms with van der Waals surface area (Å²) in [4.78, 5) is 36.0. The predicted molar refractivity (Wildman–Crippen MR) is 264 cm³/mol. The number of rotatable bonds is 17. The van der Waals surface area contributed by atoms with E-state index in [0.717, 1.165) is 49.8 Å². The first kappa shape index (κ1) is 44.3. The number of fused-ring (bicyclic) bond motifs is 3. The van der Waals surface area contributed by atoms with E-state index in [9.17, 15) is 14.4 Å². The SMILES string of the molecule is C=CC(=O)OCCCc1ccc(-c2cc(Br)c3c(c2)C(CCCOC(=O)C=C)(CCCOC(=O)C=C)c2cc(-c4ccc5ccc6cc(C(C)(C)C)cc7ccc4c5c67)ccc2-3)cc1. The van der Waals surface area contributed by atoms with Gasteiger partial charge in [0, 0.05) is 33.7 Å². The standard InChI is InChI=1S/C57H53BrO6/c1-7-50(59)62-28-10-13-36-14-16-37(17-15-36)42-34-48-55(49(58)35-42)46-25-21-39(33-47(46)57(48,26-11-29-63-51(60)8-2)27-12-30-64-52(61)9-3)44-23-20-38-18-19-40-31-43(56(4,5)6)32-41-22-24-45(44)54(38)53(40)41/h7-9,14-25,31-35H,1-3,10-13,26-30H2,4-6H3. The fourth-order valence-electron chi connectivity index (χ4n) is 9.65. The maximum absolute atomic E-state index is 12.2. The van der Waals surface area contributed by atoms with Crippen molar-refractivity contribution in [2.75, 3.05) is 19.8 Å². The second-order valence-corrected chi connectivity index (χ2v) is 18.6. The number of esters is 3. The summed E-state index contributed by atoms with van der Waals surface area (Å²) in [6.07, 6.45) is 7.61. The Balaban J connectivity index is 1.25. The van der Waals surface area contributed by atoms with Crippen LogP contribution in [0.4, 0.5) is 0 Å². The number of carbonyl (C=O) groups excluding carboxylic acids is 3. The minimum atomic E-state index is -0.531. The highest BCUT2D eigenvalue weighted by molar-refractivity contribution is 9.10. The highest BCUT2D eigenvalue weighted by atomic mass is 79.9. The summed E-state index contributed by atoms with van der Waals surface area (Å²) in [5, 5.41) is 7.47. The number of halogens is 1. The third kappa shape index (κ3) is 8.66. The van der Waals surface area contributed by atoms with E-state index in [0.29, 0.717) is 38.7 Å². The molecule has 0 N–H and O–H groups in total. The minimum absolute atomic E-state index is 0.0245. The topological polar surface area (TPSA) is 78.9 Å². The van der Waals surface area contributed by atoms with Gasteiger partial charge in [-0.1, -0.05) is 141 Å². The van der Waals surface area contributed by atoms with Crippen molar-refractivity contribution in [1.29, 1.82) is 0 Å². The summed E-state index contributed by atoms with van der Waals surface area (Å²) < 4.78 is 17.3. The Kier molecular flexibility index (Phi) is 12.8. The van der Waals surface area contributed by atoms with E-state index in [2.05, 4.69) is 160 Å². The summed E-state index contributed by atoms with van der Waals surface area (Å²) in [6, 6.07) is 38.2. The van der Waals surface area contributed by atoms with Crippen molar-refractivity contribution in [3.05, 3.63) is 168 Å². The Hall–Kier alpha value is -6.31. The van der Waals surface area contributed by atoms with Gasteiger partial charge in [0.05, 0.1) is 19.8 Å². The van der Waals surface area contributed by atoms with Gasteiger partial charge in [-0.15, -0.1) is 0 Å². The highest BCUT2D eigenvalue weighted by Gasteiger charge is 2.44. The molecule has 0 saturated heterocycles. The van der Waals surface area contributed by atoms with Crippen LogP contribution in [0.5, 0.6) is 0 Å². The molecule has 1 aliphatic carbocycles. The number of benzene rings is 7. The lowest BCUT2D eigenvalue weighted by molar-refractivity contribution is -0.138. The van der Waals surface area contributed by atoms with Gasteiger partial charge in [-0.2, -0.15) is 0 Å². The molecule has 0 unspecified atom stereocenters. The molecule has 324 valence electrons. The molecule has 0 spiro atoms. The fourth-order valence-corrected chi connectivity index (χ4v) is 10.3. The molecule has 0 radical (unpaired) electrons. The molecule has 0 bridgehead atoms. The predicted octanol–water partition coefficient (Wildman–Crippen LogP) is 13.9. The molecule has 0 amide bonds. The van der Waals surface area contributed by atoms with Crippen molar-refractivity contribution in [2.24, 2.45) is 0 Å². The minimum Gasteiger partial charge on any atom is -0.463 e. The first-order chi connectivity index (χ1) is 30.8. The Labute approximate surface area is 384 Å². The summed E-state index contributed by atoms with van der Waals surface area (Å²) >= 11 is 4.05. The normalized spacial score (nSPS) is 12.8. The quantitative estimate of drug-likeness (QED) is 0.0298. The number of carbonyl (C=O) groups is 3. The number of aryl methyl sites for hydroxylation is 1. The van der Waals surface area contributed by atoms with Gasteiger partial charge >= 0.3 is 17.9 Å². The van der Waals surface area contributed by atoms with Crippen molar-refractivity contribution in [3.8, 4) is 33.4 Å². The van der Waals surface area contributed by atoms with Crippen LogP contribution in [0.2, 0.25) is 0 Å². The van der Waals surface area contributed by atoms with E-state index in [1.807, 2.05) is 0 Å². The monoisotopic (exact) mass is 912 g/mol. The maximum atomic E-state index is 12.2. The van der Waals surface area contributed by atoms with Crippen LogP contribution in [0, 0.1) is 0 Å².